The Morgan fingerprint density at radius 2 is 1.71 bits per heavy atom. The minimum atomic E-state index is -0.316. The zero-order valence-electron chi connectivity index (χ0n) is 17.2. The van der Waals surface area contributed by atoms with E-state index in [2.05, 4.69) is 39.6 Å². The minimum absolute atomic E-state index is 0.110. The Kier molecular flexibility index (Phi) is 6.79. The molecule has 7 heteroatoms. The van der Waals surface area contributed by atoms with Crippen molar-refractivity contribution in [2.45, 2.75) is 32.0 Å². The molecule has 0 atom stereocenters. The molecule has 0 saturated carbocycles. The van der Waals surface area contributed by atoms with Crippen LogP contribution in [-0.2, 0) is 17.9 Å². The van der Waals surface area contributed by atoms with Crippen LogP contribution in [0.15, 0.2) is 71.5 Å². The Morgan fingerprint density at radius 3 is 2.45 bits per heavy atom. The zero-order chi connectivity index (χ0) is 21.6. The Hall–Kier alpha value is -2.96. The van der Waals surface area contributed by atoms with E-state index >= 15 is 0 Å². The lowest BCUT2D eigenvalue weighted by Gasteiger charge is -2.32. The van der Waals surface area contributed by atoms with E-state index in [-0.39, 0.29) is 24.1 Å². The van der Waals surface area contributed by atoms with Crippen LogP contribution in [0.2, 0.25) is 5.02 Å². The third-order valence-corrected chi connectivity index (χ3v) is 5.84. The third kappa shape index (κ3) is 5.60. The van der Waals surface area contributed by atoms with Crippen LogP contribution in [0.25, 0.3) is 11.3 Å². The van der Waals surface area contributed by atoms with Gasteiger partial charge in [0, 0.05) is 37.3 Å². The molecule has 31 heavy (non-hydrogen) atoms. The molecule has 1 aromatic heterocycles. The van der Waals surface area contributed by atoms with E-state index in [1.54, 1.807) is 12.1 Å². The molecule has 1 saturated heterocycles. The maximum absolute atomic E-state index is 12.6. The summed E-state index contributed by atoms with van der Waals surface area (Å²) in [4.78, 5) is 27.2. The Bertz CT molecular complexity index is 1090. The quantitative estimate of drug-likeness (QED) is 0.643. The Balaban J connectivity index is 1.33. The molecule has 160 valence electrons. The van der Waals surface area contributed by atoms with Gasteiger partial charge in [-0.15, -0.1) is 0 Å². The van der Waals surface area contributed by atoms with Crippen LogP contribution in [0, 0.1) is 0 Å². The van der Waals surface area contributed by atoms with Crippen molar-refractivity contribution in [3.8, 4) is 11.3 Å². The second-order valence-corrected chi connectivity index (χ2v) is 8.21. The summed E-state index contributed by atoms with van der Waals surface area (Å²) in [5, 5.41) is 7.95. The first-order valence-electron chi connectivity index (χ1n) is 10.5. The number of nitrogens with one attached hydrogen (secondary N) is 1. The van der Waals surface area contributed by atoms with Gasteiger partial charge in [0.15, 0.2) is 0 Å². The first kappa shape index (κ1) is 21.3. The van der Waals surface area contributed by atoms with Gasteiger partial charge in [-0.2, -0.15) is 5.10 Å². The van der Waals surface area contributed by atoms with Gasteiger partial charge in [0.2, 0.25) is 5.91 Å². The summed E-state index contributed by atoms with van der Waals surface area (Å²) in [5.41, 5.74) is 2.27. The SMILES string of the molecule is O=C(Cn1nc(-c2ccccc2Cl)ccc1=O)NC1CCN(Cc2ccccc2)CC1. The van der Waals surface area contributed by atoms with Crippen molar-refractivity contribution in [1.82, 2.24) is 20.0 Å². The van der Waals surface area contributed by atoms with Crippen molar-refractivity contribution in [2.75, 3.05) is 13.1 Å². The smallest absolute Gasteiger partial charge is 0.267 e. The van der Waals surface area contributed by atoms with E-state index in [4.69, 9.17) is 11.6 Å². The number of halogens is 1. The fraction of sp³-hybridized carbons (Fsp3) is 0.292. The molecule has 1 fully saturated rings. The number of hydrogen-bond donors (Lipinski definition) is 1. The van der Waals surface area contributed by atoms with Crippen molar-refractivity contribution < 1.29 is 4.79 Å². The minimum Gasteiger partial charge on any atom is -0.352 e. The molecule has 0 radical (unpaired) electrons. The van der Waals surface area contributed by atoms with Crippen LogP contribution < -0.4 is 10.9 Å². The summed E-state index contributed by atoms with van der Waals surface area (Å²) in [5.74, 6) is -0.201. The molecule has 2 heterocycles. The van der Waals surface area contributed by atoms with Crippen molar-refractivity contribution in [3.05, 3.63) is 87.7 Å². The monoisotopic (exact) mass is 436 g/mol. The number of rotatable bonds is 6. The van der Waals surface area contributed by atoms with Crippen LogP contribution in [0.3, 0.4) is 0 Å². The molecular weight excluding hydrogens is 412 g/mol. The van der Waals surface area contributed by atoms with Gasteiger partial charge in [-0.3, -0.25) is 14.5 Å². The van der Waals surface area contributed by atoms with Crippen molar-refractivity contribution in [3.63, 3.8) is 0 Å². The molecule has 2 aromatic carbocycles. The molecule has 3 aromatic rings. The predicted octanol–water partition coefficient (Wildman–Crippen LogP) is 3.34. The number of carbonyl (C=O) groups excluding carboxylic acids is 1. The van der Waals surface area contributed by atoms with Gasteiger partial charge in [0.1, 0.15) is 6.54 Å². The number of aromatic nitrogens is 2. The van der Waals surface area contributed by atoms with Crippen molar-refractivity contribution >= 4 is 17.5 Å². The molecule has 1 amide bonds. The molecule has 4 rings (SSSR count). The van der Waals surface area contributed by atoms with Crippen LogP contribution in [0.5, 0.6) is 0 Å². The van der Waals surface area contributed by atoms with E-state index < -0.39 is 0 Å². The highest BCUT2D eigenvalue weighted by Gasteiger charge is 2.21. The van der Waals surface area contributed by atoms with Crippen LogP contribution in [0.4, 0.5) is 0 Å². The van der Waals surface area contributed by atoms with Crippen LogP contribution >= 0.6 is 11.6 Å². The van der Waals surface area contributed by atoms with Gasteiger partial charge in [-0.05, 0) is 30.5 Å². The van der Waals surface area contributed by atoms with Crippen molar-refractivity contribution in [1.29, 1.82) is 0 Å². The normalized spacial score (nSPS) is 15.0. The van der Waals surface area contributed by atoms with Gasteiger partial charge in [0.25, 0.3) is 5.56 Å². The lowest BCUT2D eigenvalue weighted by molar-refractivity contribution is -0.122. The fourth-order valence-electron chi connectivity index (χ4n) is 3.86. The lowest BCUT2D eigenvalue weighted by Crippen LogP contribution is -2.46. The highest BCUT2D eigenvalue weighted by atomic mass is 35.5. The van der Waals surface area contributed by atoms with E-state index in [1.165, 1.54) is 16.3 Å². The maximum atomic E-state index is 12.6. The molecule has 1 N–H and O–H groups in total. The Labute approximate surface area is 186 Å². The lowest BCUT2D eigenvalue weighted by atomic mass is 10.0. The second kappa shape index (κ2) is 9.90. The summed E-state index contributed by atoms with van der Waals surface area (Å²) in [7, 11) is 0. The first-order chi connectivity index (χ1) is 15.1. The largest absolute Gasteiger partial charge is 0.352 e. The molecular formula is C24H25ClN4O2. The maximum Gasteiger partial charge on any atom is 0.267 e. The molecule has 1 aliphatic heterocycles. The number of carbonyl (C=O) groups is 1. The molecule has 0 aliphatic carbocycles. The highest BCUT2D eigenvalue weighted by molar-refractivity contribution is 6.33. The highest BCUT2D eigenvalue weighted by Crippen LogP contribution is 2.24. The molecule has 0 bridgehead atoms. The summed E-state index contributed by atoms with van der Waals surface area (Å²) in [6.07, 6.45) is 1.78. The van der Waals surface area contributed by atoms with E-state index in [1.807, 2.05) is 24.3 Å². The van der Waals surface area contributed by atoms with Gasteiger partial charge < -0.3 is 5.32 Å². The molecule has 0 unspecified atom stereocenters. The first-order valence-corrected chi connectivity index (χ1v) is 10.8. The average molecular weight is 437 g/mol. The standard InChI is InChI=1S/C24H25ClN4O2/c25-21-9-5-4-8-20(21)22-10-11-24(31)29(27-22)17-23(30)26-19-12-14-28(15-13-19)16-18-6-2-1-3-7-18/h1-11,19H,12-17H2,(H,26,30). The number of likely N-dealkylation sites (tertiary alicyclic amines) is 1. The molecule has 6 nitrogen and oxygen atoms in total. The fourth-order valence-corrected chi connectivity index (χ4v) is 4.09. The summed E-state index contributed by atoms with van der Waals surface area (Å²) in [6.45, 7) is 2.68. The number of hydrogen-bond acceptors (Lipinski definition) is 4. The average Bonchev–Trinajstić information content (AvgIpc) is 2.78. The van der Waals surface area contributed by atoms with E-state index in [0.29, 0.717) is 10.7 Å². The number of amides is 1. The van der Waals surface area contributed by atoms with Gasteiger partial charge in [0.05, 0.1) is 10.7 Å². The predicted molar refractivity (Wildman–Crippen MR) is 122 cm³/mol. The Morgan fingerprint density at radius 1 is 1.00 bits per heavy atom. The number of nitrogens with zero attached hydrogens (tertiary/aromatic N) is 3. The van der Waals surface area contributed by atoms with Crippen LogP contribution in [-0.4, -0.2) is 39.7 Å². The van der Waals surface area contributed by atoms with Gasteiger partial charge >= 0.3 is 0 Å². The van der Waals surface area contributed by atoms with Crippen LogP contribution in [0.1, 0.15) is 18.4 Å². The second-order valence-electron chi connectivity index (χ2n) is 7.80. The summed E-state index contributed by atoms with van der Waals surface area (Å²) in [6, 6.07) is 20.9. The topological polar surface area (TPSA) is 67.2 Å². The number of benzene rings is 2. The van der Waals surface area contributed by atoms with Gasteiger partial charge in [-0.25, -0.2) is 4.68 Å². The summed E-state index contributed by atoms with van der Waals surface area (Å²) >= 11 is 6.24. The van der Waals surface area contributed by atoms with Crippen molar-refractivity contribution in [2.24, 2.45) is 0 Å². The zero-order valence-corrected chi connectivity index (χ0v) is 18.0. The third-order valence-electron chi connectivity index (χ3n) is 5.51. The number of piperidine rings is 1. The molecule has 1 aliphatic rings. The summed E-state index contributed by atoms with van der Waals surface area (Å²) < 4.78 is 1.19. The van der Waals surface area contributed by atoms with Gasteiger partial charge in [-0.1, -0.05) is 60.1 Å². The van der Waals surface area contributed by atoms with E-state index in [0.717, 1.165) is 38.0 Å². The molecule has 0 spiro atoms. The van der Waals surface area contributed by atoms with E-state index in [9.17, 15) is 9.59 Å².